The molecular formula is C62H77ClFN11O18S. The molecule has 1 aromatic heterocycles. The van der Waals surface area contributed by atoms with Gasteiger partial charge in [-0.2, -0.15) is 4.72 Å². The first kappa shape index (κ1) is 75.2. The maximum absolute atomic E-state index is 14.6. The van der Waals surface area contributed by atoms with Crippen LogP contribution in [0.4, 0.5) is 4.39 Å². The molecule has 94 heavy (non-hydrogen) atoms. The molecule has 16 N–H and O–H groups in total. The standard InChI is InChI=1S/C62H77ClFN11O18S/c1-93-41-20-22-42(23-21-41)94(91,92)75-50(33-55(82)83)62(90)73-47(25-27-54(80)81)59(87)69-35-52(77)71-48(31-36-10-9-11-40(64)30-36)60(88)74-49(32-38-34-68-44-13-5-4-12-43(38)44)61(89)72-46(24-26-53(78)79)58(86)67-28-7-2-3-15-51(76)70-45(56(65)84)14-6-8-29-66-57(85)37-16-18-39(63)19-17-37/h4-5,9-13,16-23,30,34,45-50,54,68,75,80-81H,2-3,6-8,14-15,24-29,31-33,35H2,1H3,(H2,65,84)(H,66,85)(H,67,86)(H,69,87)(H,70,76)(H,71,77)(H,72,89)(H,73,90)(H,74,88)(H,78,79)(H,82,83). The van der Waals surface area contributed by atoms with Crippen LogP contribution >= 0.6 is 11.6 Å². The second-order valence-corrected chi connectivity index (χ2v) is 23.9. The topological polar surface area (TPSA) is 462 Å². The third kappa shape index (κ3) is 25.8. The number of aromatic amines is 1. The number of hydrogen-bond acceptors (Lipinski definition) is 16. The third-order valence-electron chi connectivity index (χ3n) is 14.5. The fourth-order valence-corrected chi connectivity index (χ4v) is 10.9. The van der Waals surface area contributed by atoms with E-state index in [9.17, 15) is 86.0 Å². The number of amides is 9. The van der Waals surface area contributed by atoms with Gasteiger partial charge in [0.15, 0.2) is 6.29 Å². The minimum Gasteiger partial charge on any atom is -0.497 e. The lowest BCUT2D eigenvalue weighted by molar-refractivity contribution is -0.140. The van der Waals surface area contributed by atoms with Crippen LogP contribution in [0.3, 0.4) is 0 Å². The Morgan fingerprint density at radius 1 is 0.596 bits per heavy atom. The molecule has 4 aromatic carbocycles. The summed E-state index contributed by atoms with van der Waals surface area (Å²) in [6.45, 7) is -0.642. The number of H-pyrrole nitrogens is 1. The van der Waals surface area contributed by atoms with Crippen molar-refractivity contribution < 1.29 is 90.7 Å². The summed E-state index contributed by atoms with van der Waals surface area (Å²) in [5.41, 5.74) is 7.27. The van der Waals surface area contributed by atoms with Crippen LogP contribution in [0.5, 0.6) is 5.75 Å². The summed E-state index contributed by atoms with van der Waals surface area (Å²) >= 11 is 5.88. The van der Waals surface area contributed by atoms with Gasteiger partial charge in [0.1, 0.15) is 47.8 Å². The maximum Gasteiger partial charge on any atom is 0.305 e. The normalized spacial score (nSPS) is 13.2. The number of rotatable bonds is 41. The van der Waals surface area contributed by atoms with Crippen LogP contribution in [-0.2, 0) is 70.8 Å². The lowest BCUT2D eigenvalue weighted by Gasteiger charge is -2.26. The Morgan fingerprint density at radius 3 is 1.86 bits per heavy atom. The molecule has 0 bridgehead atoms. The fourth-order valence-electron chi connectivity index (χ4n) is 9.54. The van der Waals surface area contributed by atoms with Gasteiger partial charge in [-0.1, -0.05) is 48.4 Å². The average molecular weight is 1350 g/mol. The summed E-state index contributed by atoms with van der Waals surface area (Å²) in [7, 11) is -3.26. The Bertz CT molecular complexity index is 3560. The average Bonchev–Trinajstić information content (AvgIpc) is 1.40. The number of carbonyl (C=O) groups is 11. The zero-order valence-corrected chi connectivity index (χ0v) is 52.7. The zero-order valence-electron chi connectivity index (χ0n) is 51.1. The molecule has 5 rings (SSSR count). The first-order valence-corrected chi connectivity index (χ1v) is 31.7. The molecule has 0 saturated heterocycles. The summed E-state index contributed by atoms with van der Waals surface area (Å²) < 4.78 is 48.1. The number of nitrogens with one attached hydrogen (secondary N) is 10. The molecule has 508 valence electrons. The Kier molecular flexibility index (Phi) is 30.2. The van der Waals surface area contributed by atoms with Gasteiger partial charge in [0.05, 0.1) is 25.0 Å². The Balaban J connectivity index is 1.24. The van der Waals surface area contributed by atoms with E-state index >= 15 is 0 Å². The predicted molar refractivity (Wildman–Crippen MR) is 337 cm³/mol. The largest absolute Gasteiger partial charge is 0.497 e. The quantitative estimate of drug-likeness (QED) is 0.0190. The van der Waals surface area contributed by atoms with Crippen molar-refractivity contribution in [1.82, 2.24) is 52.2 Å². The number of fused-ring (bicyclic) bond motifs is 1. The predicted octanol–water partition coefficient (Wildman–Crippen LogP) is 0.834. The lowest BCUT2D eigenvalue weighted by Crippen LogP contribution is -2.58. The summed E-state index contributed by atoms with van der Waals surface area (Å²) in [4.78, 5) is 148. The van der Waals surface area contributed by atoms with Crippen molar-refractivity contribution >= 4 is 97.6 Å². The van der Waals surface area contributed by atoms with Crippen molar-refractivity contribution in [2.24, 2.45) is 5.73 Å². The monoisotopic (exact) mass is 1350 g/mol. The number of aromatic nitrogens is 1. The molecule has 5 aromatic rings. The number of carbonyl (C=O) groups excluding carboxylic acids is 9. The van der Waals surface area contributed by atoms with Gasteiger partial charge in [-0.3, -0.25) is 52.7 Å². The first-order valence-electron chi connectivity index (χ1n) is 29.9. The van der Waals surface area contributed by atoms with Gasteiger partial charge in [-0.05, 0) is 123 Å². The Morgan fingerprint density at radius 2 is 1.21 bits per heavy atom. The van der Waals surface area contributed by atoms with Crippen molar-refractivity contribution in [3.8, 4) is 5.75 Å². The number of hydrogen-bond donors (Lipinski definition) is 15. The fraction of sp³-hybridized carbons (Fsp3) is 0.403. The molecule has 0 aliphatic rings. The van der Waals surface area contributed by atoms with E-state index in [0.717, 1.165) is 24.3 Å². The number of benzene rings is 4. The minimum atomic E-state index is -4.59. The number of aliphatic hydroxyl groups excluding tert-OH is 1. The molecule has 0 spiro atoms. The van der Waals surface area contributed by atoms with E-state index in [2.05, 4.69) is 47.5 Å². The summed E-state index contributed by atoms with van der Waals surface area (Å²) in [6, 6.07) is 13.5. The molecule has 1 heterocycles. The molecule has 0 aliphatic carbocycles. The third-order valence-corrected chi connectivity index (χ3v) is 16.2. The van der Waals surface area contributed by atoms with Crippen molar-refractivity contribution in [3.63, 3.8) is 0 Å². The molecule has 0 radical (unpaired) electrons. The molecule has 32 heteroatoms. The second kappa shape index (κ2) is 37.8. The van der Waals surface area contributed by atoms with Crippen LogP contribution in [0.1, 0.15) is 98.5 Å². The van der Waals surface area contributed by atoms with Crippen LogP contribution in [0.25, 0.3) is 10.9 Å². The number of sulfonamides is 1. The number of primary amides is 1. The van der Waals surface area contributed by atoms with Crippen LogP contribution < -0.4 is 57.7 Å². The summed E-state index contributed by atoms with van der Waals surface area (Å²) in [6.07, 6.45) is -2.21. The molecule has 0 fully saturated rings. The molecule has 29 nitrogen and oxygen atoms in total. The number of carboxylic acids is 2. The number of methoxy groups -OCH3 is 1. The van der Waals surface area contributed by atoms with E-state index in [4.69, 9.17) is 22.1 Å². The number of aliphatic carboxylic acids is 2. The van der Waals surface area contributed by atoms with Crippen LogP contribution in [0, 0.1) is 5.82 Å². The van der Waals surface area contributed by atoms with Gasteiger partial charge in [-0.15, -0.1) is 0 Å². The van der Waals surface area contributed by atoms with E-state index in [1.807, 2.05) is 4.72 Å². The van der Waals surface area contributed by atoms with Crippen molar-refractivity contribution in [1.29, 1.82) is 0 Å². The number of ether oxygens (including phenoxy) is 1. The smallest absolute Gasteiger partial charge is 0.305 e. The number of para-hydroxylation sites is 1. The van der Waals surface area contributed by atoms with Gasteiger partial charge in [0.25, 0.3) is 5.91 Å². The summed E-state index contributed by atoms with van der Waals surface area (Å²) in [5, 5.41) is 59.7. The molecule has 0 aliphatic heterocycles. The van der Waals surface area contributed by atoms with E-state index in [1.54, 1.807) is 54.7 Å². The van der Waals surface area contributed by atoms with Crippen molar-refractivity contribution in [2.75, 3.05) is 26.7 Å². The Labute approximate surface area is 544 Å². The number of aliphatic hydroxyl groups is 2. The molecule has 9 amide bonds. The first-order chi connectivity index (χ1) is 44.7. The number of nitrogens with two attached hydrogens (primary N) is 1. The van der Waals surface area contributed by atoms with Gasteiger partial charge >= 0.3 is 11.9 Å². The number of halogens is 2. The molecule has 6 atom stereocenters. The highest BCUT2D eigenvalue weighted by Gasteiger charge is 2.34. The highest BCUT2D eigenvalue weighted by molar-refractivity contribution is 7.89. The van der Waals surface area contributed by atoms with Gasteiger partial charge < -0.3 is 78.4 Å². The van der Waals surface area contributed by atoms with Crippen LogP contribution in [0.15, 0.2) is 108 Å². The Hall–Kier alpha value is -9.56. The van der Waals surface area contributed by atoms with E-state index in [1.165, 1.54) is 31.4 Å². The maximum atomic E-state index is 14.6. The van der Waals surface area contributed by atoms with Crippen molar-refractivity contribution in [3.05, 3.63) is 131 Å². The van der Waals surface area contributed by atoms with E-state index < -0.39 is 163 Å². The van der Waals surface area contributed by atoms with Crippen LogP contribution in [-0.4, -0.2) is 168 Å². The van der Waals surface area contributed by atoms with Crippen molar-refractivity contribution in [2.45, 2.75) is 137 Å². The zero-order chi connectivity index (χ0) is 68.9. The number of unbranched alkanes of at least 4 members (excludes halogenated alkanes) is 3. The minimum absolute atomic E-state index is 0.00294. The van der Waals surface area contributed by atoms with Gasteiger partial charge in [0.2, 0.25) is 57.3 Å². The van der Waals surface area contributed by atoms with Gasteiger partial charge in [0, 0.05) is 72.9 Å². The van der Waals surface area contributed by atoms with Crippen LogP contribution in [0.2, 0.25) is 5.02 Å². The molecular weight excluding hydrogens is 1270 g/mol. The molecule has 0 saturated carbocycles. The van der Waals surface area contributed by atoms with Gasteiger partial charge in [-0.25, -0.2) is 12.8 Å². The lowest BCUT2D eigenvalue weighted by atomic mass is 10.0. The SMILES string of the molecule is COc1ccc(S(=O)(=O)NC(CC(=O)O)C(=O)NC(CCC(O)O)C(=O)NCC(=O)NC(Cc2cccc(F)c2)C(=O)NC(Cc2c[nH]c3ccccc23)C(=O)NC(CCC(=O)O)C(=O)NCCCCCC(=O)NC(CCCCNC(=O)c2ccc(Cl)cc2)C(N)=O)cc1. The number of carboxylic acid groups (broad SMARTS) is 2. The van der Waals surface area contributed by atoms with E-state index in [-0.39, 0.29) is 47.9 Å². The summed E-state index contributed by atoms with van der Waals surface area (Å²) in [5.74, 6) is -11.3. The highest BCUT2D eigenvalue weighted by Crippen LogP contribution is 2.21. The highest BCUT2D eigenvalue weighted by atomic mass is 35.5. The van der Waals surface area contributed by atoms with E-state index in [0.29, 0.717) is 65.7 Å². The second-order valence-electron chi connectivity index (χ2n) is 21.7. The molecule has 6 unspecified atom stereocenters.